The zero-order valence-electron chi connectivity index (χ0n) is 12.9. The van der Waals surface area contributed by atoms with E-state index < -0.39 is 17.9 Å². The average Bonchev–Trinajstić information content (AvgIpc) is 3.04. The molecule has 0 saturated carbocycles. The van der Waals surface area contributed by atoms with Gasteiger partial charge in [0.1, 0.15) is 0 Å². The minimum absolute atomic E-state index is 0.0391. The number of nitrogens with one attached hydrogen (secondary N) is 1. The molecule has 1 aromatic heterocycles. The molecule has 1 atom stereocenters. The summed E-state index contributed by atoms with van der Waals surface area (Å²) in [6.45, 7) is 0.524. The molecule has 2 heterocycles. The van der Waals surface area contributed by atoms with E-state index in [4.69, 9.17) is 11.6 Å². The largest absolute Gasteiger partial charge is 0.435 e. The summed E-state index contributed by atoms with van der Waals surface area (Å²) in [5, 5.41) is 9.56. The normalized spacial score (nSPS) is 17.6. The molecule has 132 valence electrons. The molecule has 1 unspecified atom stereocenters. The summed E-state index contributed by atoms with van der Waals surface area (Å²) in [5.74, 6) is -0.0391. The van der Waals surface area contributed by atoms with Crippen molar-refractivity contribution in [2.75, 3.05) is 11.9 Å². The average molecular weight is 371 g/mol. The first-order valence-electron chi connectivity index (χ1n) is 7.59. The van der Waals surface area contributed by atoms with Gasteiger partial charge in [-0.2, -0.15) is 13.2 Å². The summed E-state index contributed by atoms with van der Waals surface area (Å²) >= 11 is 6.21. The van der Waals surface area contributed by atoms with E-state index >= 15 is 0 Å². The molecule has 1 aliphatic rings. The van der Waals surface area contributed by atoms with Gasteiger partial charge in [0.05, 0.1) is 6.04 Å². The maximum atomic E-state index is 12.5. The molecule has 1 saturated heterocycles. The van der Waals surface area contributed by atoms with Crippen molar-refractivity contribution in [3.05, 3.63) is 52.7 Å². The minimum atomic E-state index is -4.57. The van der Waals surface area contributed by atoms with Gasteiger partial charge >= 0.3 is 12.2 Å². The SMILES string of the molecule is O=C(Nc1ccc(C(F)(F)F)nn1)N1CCCC1c1ccccc1Cl. The van der Waals surface area contributed by atoms with Crippen molar-refractivity contribution in [2.45, 2.75) is 25.1 Å². The van der Waals surface area contributed by atoms with Crippen LogP contribution >= 0.6 is 11.6 Å². The van der Waals surface area contributed by atoms with Crippen molar-refractivity contribution in [2.24, 2.45) is 0 Å². The minimum Gasteiger partial charge on any atom is -0.317 e. The number of likely N-dealkylation sites (tertiary alicyclic amines) is 1. The lowest BCUT2D eigenvalue weighted by atomic mass is 10.0. The summed E-state index contributed by atoms with van der Waals surface area (Å²) in [6, 6.07) is 8.49. The van der Waals surface area contributed by atoms with Crippen LogP contribution < -0.4 is 5.32 Å². The van der Waals surface area contributed by atoms with Crippen LogP contribution in [0.25, 0.3) is 0 Å². The Morgan fingerprint density at radius 1 is 1.20 bits per heavy atom. The number of amides is 2. The Morgan fingerprint density at radius 3 is 2.60 bits per heavy atom. The van der Waals surface area contributed by atoms with E-state index in [1.165, 1.54) is 0 Å². The Labute approximate surface area is 146 Å². The third-order valence-corrected chi connectivity index (χ3v) is 4.31. The van der Waals surface area contributed by atoms with Gasteiger partial charge in [0.15, 0.2) is 11.5 Å². The highest BCUT2D eigenvalue weighted by Crippen LogP contribution is 2.36. The summed E-state index contributed by atoms with van der Waals surface area (Å²) in [6.07, 6.45) is -3.00. The van der Waals surface area contributed by atoms with E-state index in [0.717, 1.165) is 30.5 Å². The van der Waals surface area contributed by atoms with Crippen LogP contribution in [0.3, 0.4) is 0 Å². The fourth-order valence-electron chi connectivity index (χ4n) is 2.81. The van der Waals surface area contributed by atoms with Gasteiger partial charge in [-0.15, -0.1) is 10.2 Å². The summed E-state index contributed by atoms with van der Waals surface area (Å²) in [5.41, 5.74) is -0.268. The topological polar surface area (TPSA) is 58.1 Å². The first kappa shape index (κ1) is 17.5. The summed E-state index contributed by atoms with van der Waals surface area (Å²) in [4.78, 5) is 14.1. The van der Waals surface area contributed by atoms with E-state index in [9.17, 15) is 18.0 Å². The van der Waals surface area contributed by atoms with Crippen LogP contribution in [-0.2, 0) is 6.18 Å². The molecule has 5 nitrogen and oxygen atoms in total. The molecule has 0 aliphatic carbocycles. The van der Waals surface area contributed by atoms with Crippen LogP contribution in [-0.4, -0.2) is 27.7 Å². The molecule has 0 radical (unpaired) electrons. The van der Waals surface area contributed by atoms with E-state index in [1.54, 1.807) is 11.0 Å². The van der Waals surface area contributed by atoms with Crippen LogP contribution in [0, 0.1) is 0 Å². The molecule has 1 fully saturated rings. The molecule has 25 heavy (non-hydrogen) atoms. The van der Waals surface area contributed by atoms with Crippen LogP contribution in [0.5, 0.6) is 0 Å². The highest BCUT2D eigenvalue weighted by Gasteiger charge is 2.34. The van der Waals surface area contributed by atoms with Crippen molar-refractivity contribution in [1.82, 2.24) is 15.1 Å². The van der Waals surface area contributed by atoms with Gasteiger partial charge in [0, 0.05) is 11.6 Å². The molecular formula is C16H14ClF3N4O. The number of hydrogen-bond acceptors (Lipinski definition) is 3. The summed E-state index contributed by atoms with van der Waals surface area (Å²) in [7, 11) is 0. The van der Waals surface area contributed by atoms with E-state index in [0.29, 0.717) is 11.6 Å². The second-order valence-corrected chi connectivity index (χ2v) is 6.01. The first-order valence-corrected chi connectivity index (χ1v) is 7.97. The van der Waals surface area contributed by atoms with E-state index in [2.05, 4.69) is 15.5 Å². The molecule has 0 bridgehead atoms. The number of carbonyl (C=O) groups is 1. The van der Waals surface area contributed by atoms with Gasteiger partial charge in [-0.25, -0.2) is 4.79 Å². The zero-order chi connectivity index (χ0) is 18.0. The molecule has 3 rings (SSSR count). The predicted molar refractivity (Wildman–Crippen MR) is 86.2 cm³/mol. The van der Waals surface area contributed by atoms with Gasteiger partial charge < -0.3 is 4.90 Å². The monoisotopic (exact) mass is 370 g/mol. The molecule has 1 aliphatic heterocycles. The van der Waals surface area contributed by atoms with Crippen LogP contribution in [0.15, 0.2) is 36.4 Å². The van der Waals surface area contributed by atoms with Crippen molar-refractivity contribution in [1.29, 1.82) is 0 Å². The third kappa shape index (κ3) is 3.84. The van der Waals surface area contributed by atoms with Gasteiger partial charge in [-0.1, -0.05) is 29.8 Å². The van der Waals surface area contributed by atoms with Gasteiger partial charge in [0.2, 0.25) is 0 Å². The Balaban J connectivity index is 1.73. The van der Waals surface area contributed by atoms with Crippen molar-refractivity contribution in [3.63, 3.8) is 0 Å². The number of anilines is 1. The number of hydrogen-bond donors (Lipinski definition) is 1. The lowest BCUT2D eigenvalue weighted by molar-refractivity contribution is -0.141. The third-order valence-electron chi connectivity index (χ3n) is 3.97. The van der Waals surface area contributed by atoms with E-state index in [-0.39, 0.29) is 11.9 Å². The van der Waals surface area contributed by atoms with Crippen molar-refractivity contribution >= 4 is 23.4 Å². The standard InChI is InChI=1S/C16H14ClF3N4O/c17-11-5-2-1-4-10(11)12-6-3-9-24(12)15(25)21-14-8-7-13(22-23-14)16(18,19)20/h1-2,4-5,7-8,12H,3,6,9H2,(H,21,23,25). The Morgan fingerprint density at radius 2 is 1.96 bits per heavy atom. The molecule has 1 aromatic carbocycles. The van der Waals surface area contributed by atoms with Crippen LogP contribution in [0.1, 0.15) is 30.1 Å². The lowest BCUT2D eigenvalue weighted by Crippen LogP contribution is -2.34. The van der Waals surface area contributed by atoms with Crippen molar-refractivity contribution < 1.29 is 18.0 Å². The van der Waals surface area contributed by atoms with Gasteiger partial charge in [-0.05, 0) is 36.6 Å². The maximum Gasteiger partial charge on any atom is 0.435 e. The number of aromatic nitrogens is 2. The van der Waals surface area contributed by atoms with E-state index in [1.807, 2.05) is 18.2 Å². The number of rotatable bonds is 2. The number of alkyl halides is 3. The molecule has 2 amide bonds. The highest BCUT2D eigenvalue weighted by molar-refractivity contribution is 6.31. The van der Waals surface area contributed by atoms with Crippen molar-refractivity contribution in [3.8, 4) is 0 Å². The summed E-state index contributed by atoms with van der Waals surface area (Å²) < 4.78 is 37.5. The number of carbonyl (C=O) groups excluding carboxylic acids is 1. The Hall–Kier alpha value is -2.35. The fraction of sp³-hybridized carbons (Fsp3) is 0.312. The quantitative estimate of drug-likeness (QED) is 0.845. The molecule has 1 N–H and O–H groups in total. The molecule has 0 spiro atoms. The molecular weight excluding hydrogens is 357 g/mol. The van der Waals surface area contributed by atoms with Crippen LogP contribution in [0.2, 0.25) is 5.02 Å². The predicted octanol–water partition coefficient (Wildman–Crippen LogP) is 4.52. The molecule has 2 aromatic rings. The highest BCUT2D eigenvalue weighted by atomic mass is 35.5. The smallest absolute Gasteiger partial charge is 0.317 e. The Bertz CT molecular complexity index is 767. The lowest BCUT2D eigenvalue weighted by Gasteiger charge is -2.25. The second-order valence-electron chi connectivity index (χ2n) is 5.60. The molecule has 9 heteroatoms. The van der Waals surface area contributed by atoms with Gasteiger partial charge in [-0.3, -0.25) is 5.32 Å². The zero-order valence-corrected chi connectivity index (χ0v) is 13.7. The van der Waals surface area contributed by atoms with Crippen LogP contribution in [0.4, 0.5) is 23.8 Å². The number of urea groups is 1. The number of benzene rings is 1. The first-order chi connectivity index (χ1) is 11.9. The number of nitrogens with zero attached hydrogens (tertiary/aromatic N) is 3. The fourth-order valence-corrected chi connectivity index (χ4v) is 3.07. The number of halogens is 4. The maximum absolute atomic E-state index is 12.5. The second kappa shape index (κ2) is 6.87. The Kier molecular flexibility index (Phi) is 4.80. The van der Waals surface area contributed by atoms with Gasteiger partial charge in [0.25, 0.3) is 0 Å².